The van der Waals surface area contributed by atoms with Gasteiger partial charge in [-0.2, -0.15) is 0 Å². The van der Waals surface area contributed by atoms with Crippen LogP contribution in [-0.2, 0) is 10.8 Å². The monoisotopic (exact) mass is 806 g/mol. The van der Waals surface area contributed by atoms with E-state index in [1.54, 1.807) is 0 Å². The van der Waals surface area contributed by atoms with Crippen molar-refractivity contribution in [1.82, 2.24) is 0 Å². The lowest BCUT2D eigenvalue weighted by atomic mass is 9.66. The summed E-state index contributed by atoms with van der Waals surface area (Å²) in [5.74, 6) is 1.61. The van der Waals surface area contributed by atoms with Crippen molar-refractivity contribution < 1.29 is 4.74 Å². The van der Waals surface area contributed by atoms with Crippen molar-refractivity contribution in [1.29, 1.82) is 0 Å². The maximum Gasteiger partial charge on any atom is 0.127 e. The summed E-state index contributed by atoms with van der Waals surface area (Å²) in [5, 5.41) is 5.17. The minimum Gasteiger partial charge on any atom is -0.457 e. The lowest BCUT2D eigenvalue weighted by Gasteiger charge is -2.35. The van der Waals surface area contributed by atoms with Crippen LogP contribution in [0.15, 0.2) is 206 Å². The molecule has 0 bridgehead atoms. The van der Waals surface area contributed by atoms with Gasteiger partial charge in [-0.05, 0) is 151 Å². The summed E-state index contributed by atoms with van der Waals surface area (Å²) >= 11 is 0. The van der Waals surface area contributed by atoms with E-state index in [2.05, 4.69) is 234 Å². The van der Waals surface area contributed by atoms with Gasteiger partial charge < -0.3 is 4.74 Å². The third-order valence-electron chi connectivity index (χ3n) is 14.3. The Morgan fingerprint density at radius 2 is 0.619 bits per heavy atom. The molecule has 0 radical (unpaired) electrons. The van der Waals surface area contributed by atoms with Crippen molar-refractivity contribution in [3.05, 3.63) is 273 Å². The summed E-state index contributed by atoms with van der Waals surface area (Å²) in [6, 6.07) is 76.8. The Balaban J connectivity index is 0.983. The van der Waals surface area contributed by atoms with Gasteiger partial charge in [-0.15, -0.1) is 0 Å². The average Bonchev–Trinajstić information content (AvgIpc) is 3.78. The lowest BCUT2D eigenvalue weighted by molar-refractivity contribution is 0.481. The van der Waals surface area contributed by atoms with Crippen molar-refractivity contribution in [2.24, 2.45) is 0 Å². The van der Waals surface area contributed by atoms with E-state index in [1.807, 2.05) is 0 Å². The van der Waals surface area contributed by atoms with Crippen molar-refractivity contribution in [3.8, 4) is 33.8 Å². The van der Waals surface area contributed by atoms with E-state index in [0.717, 1.165) is 11.5 Å². The molecule has 2 aliphatic carbocycles. The van der Waals surface area contributed by atoms with Crippen LogP contribution in [0.5, 0.6) is 11.5 Å². The molecule has 0 spiro atoms. The van der Waals surface area contributed by atoms with Gasteiger partial charge in [-0.25, -0.2) is 0 Å². The van der Waals surface area contributed by atoms with Crippen LogP contribution in [0.3, 0.4) is 0 Å². The molecule has 0 amide bonds. The third kappa shape index (κ3) is 5.30. The smallest absolute Gasteiger partial charge is 0.127 e. The largest absolute Gasteiger partial charge is 0.457 e. The van der Waals surface area contributed by atoms with Gasteiger partial charge in [0.15, 0.2) is 0 Å². The zero-order valence-electron chi connectivity index (χ0n) is 36.0. The molecular formula is C62H46O. The Morgan fingerprint density at radius 3 is 0.968 bits per heavy atom. The molecule has 2 aliphatic rings. The van der Waals surface area contributed by atoms with E-state index in [4.69, 9.17) is 4.74 Å². The lowest BCUT2D eigenvalue weighted by Crippen LogP contribution is -2.29. The summed E-state index contributed by atoms with van der Waals surface area (Å²) in [6.07, 6.45) is 0. The van der Waals surface area contributed by atoms with Crippen molar-refractivity contribution in [2.75, 3.05) is 0 Å². The predicted molar refractivity (Wildman–Crippen MR) is 262 cm³/mol. The average molecular weight is 807 g/mol. The summed E-state index contributed by atoms with van der Waals surface area (Å²) in [5.41, 5.74) is 19.5. The van der Waals surface area contributed by atoms with Gasteiger partial charge in [0.2, 0.25) is 0 Å². The van der Waals surface area contributed by atoms with Gasteiger partial charge in [0.1, 0.15) is 11.5 Å². The van der Waals surface area contributed by atoms with Gasteiger partial charge in [0, 0.05) is 0 Å². The first-order chi connectivity index (χ1) is 30.9. The van der Waals surface area contributed by atoms with E-state index < -0.39 is 10.8 Å². The highest BCUT2D eigenvalue weighted by molar-refractivity contribution is 5.97. The molecular weight excluding hydrogens is 761 g/mol. The van der Waals surface area contributed by atoms with Gasteiger partial charge in [-0.1, -0.05) is 193 Å². The normalized spacial score (nSPS) is 14.0. The number of ether oxygens (including phenoxy) is 1. The molecule has 0 atom stereocenters. The molecule has 12 rings (SSSR count). The van der Waals surface area contributed by atoms with Crippen LogP contribution in [0.4, 0.5) is 0 Å². The van der Waals surface area contributed by atoms with Gasteiger partial charge in [0.25, 0.3) is 0 Å². The zero-order valence-corrected chi connectivity index (χ0v) is 36.0. The SMILES string of the molecule is Cc1ccc2c(C)ccc(C3(c4ccc(Oc5ccc(C6(c7ccc(C)c8ccc(C)cc78)c7ccccc7-c7ccccc76)cc5)cc4)c4ccccc4-c4ccccc43)c2c1. The first-order valence-electron chi connectivity index (χ1n) is 22.2. The van der Waals surface area contributed by atoms with Gasteiger partial charge >= 0.3 is 0 Å². The molecule has 0 saturated carbocycles. The predicted octanol–water partition coefficient (Wildman–Crippen LogP) is 15.7. The number of benzene rings is 10. The Bertz CT molecular complexity index is 3140. The molecule has 1 heteroatoms. The van der Waals surface area contributed by atoms with Crippen molar-refractivity contribution in [3.63, 3.8) is 0 Å². The summed E-state index contributed by atoms with van der Waals surface area (Å²) < 4.78 is 6.77. The van der Waals surface area contributed by atoms with Gasteiger partial charge in [0.05, 0.1) is 10.8 Å². The topological polar surface area (TPSA) is 9.23 Å². The van der Waals surface area contributed by atoms with E-state index in [9.17, 15) is 0 Å². The number of aryl methyl sites for hydroxylation is 4. The zero-order chi connectivity index (χ0) is 42.5. The molecule has 0 N–H and O–H groups in total. The molecule has 10 aromatic carbocycles. The second-order valence-electron chi connectivity index (χ2n) is 17.8. The molecule has 63 heavy (non-hydrogen) atoms. The van der Waals surface area contributed by atoms with E-state index in [1.165, 1.54) is 111 Å². The van der Waals surface area contributed by atoms with Crippen LogP contribution in [0.2, 0.25) is 0 Å². The minimum absolute atomic E-state index is 0.520. The fraction of sp³-hybridized carbons (Fsp3) is 0.0968. The van der Waals surface area contributed by atoms with Crippen LogP contribution in [0.1, 0.15) is 66.8 Å². The quantitative estimate of drug-likeness (QED) is 0.163. The highest BCUT2D eigenvalue weighted by Gasteiger charge is 2.48. The molecule has 1 nitrogen and oxygen atoms in total. The summed E-state index contributed by atoms with van der Waals surface area (Å²) in [7, 11) is 0. The standard InChI is InChI=1S/C62H46O/c1-39-21-33-47-41(3)23-35-59(53(47)37-39)61(55-17-9-5-13-49(55)50-14-6-10-18-56(50)61)43-25-29-45(30-26-43)63-46-31-27-44(28-32-46)62(60-36-24-42(4)48-34-22-40(2)38-54(48)60)57-19-11-7-15-51(57)52-16-8-12-20-58(52)62/h5-38H,1-4H3. The molecule has 0 unspecified atom stereocenters. The first-order valence-corrected chi connectivity index (χ1v) is 22.2. The number of hydrogen-bond acceptors (Lipinski definition) is 1. The third-order valence-corrected chi connectivity index (χ3v) is 14.3. The highest BCUT2D eigenvalue weighted by Crippen LogP contribution is 2.59. The molecule has 0 fully saturated rings. The molecule has 300 valence electrons. The second-order valence-corrected chi connectivity index (χ2v) is 17.8. The van der Waals surface area contributed by atoms with Crippen LogP contribution in [-0.4, -0.2) is 0 Å². The molecule has 0 aromatic heterocycles. The minimum atomic E-state index is -0.520. The number of hydrogen-bond donors (Lipinski definition) is 0. The van der Waals surface area contributed by atoms with Crippen LogP contribution < -0.4 is 4.74 Å². The maximum atomic E-state index is 6.77. The second kappa shape index (κ2) is 14.0. The molecule has 0 aliphatic heterocycles. The Labute approximate surface area is 369 Å². The first kappa shape index (κ1) is 37.3. The Hall–Kier alpha value is -7.48. The van der Waals surface area contributed by atoms with E-state index in [-0.39, 0.29) is 0 Å². The molecule has 0 heterocycles. The number of fused-ring (bicyclic) bond motifs is 8. The van der Waals surface area contributed by atoms with E-state index >= 15 is 0 Å². The summed E-state index contributed by atoms with van der Waals surface area (Å²) in [6.45, 7) is 8.84. The maximum absolute atomic E-state index is 6.77. The molecule has 10 aromatic rings. The van der Waals surface area contributed by atoms with Crippen LogP contribution >= 0.6 is 0 Å². The molecule has 0 saturated heterocycles. The van der Waals surface area contributed by atoms with Crippen LogP contribution in [0, 0.1) is 27.7 Å². The Kier molecular flexibility index (Phi) is 8.30. The van der Waals surface area contributed by atoms with Gasteiger partial charge in [-0.3, -0.25) is 0 Å². The fourth-order valence-corrected chi connectivity index (χ4v) is 11.5. The summed E-state index contributed by atoms with van der Waals surface area (Å²) in [4.78, 5) is 0. The number of rotatable bonds is 6. The van der Waals surface area contributed by atoms with Crippen LogP contribution in [0.25, 0.3) is 43.8 Å². The van der Waals surface area contributed by atoms with E-state index in [0.29, 0.717) is 0 Å². The Morgan fingerprint density at radius 1 is 0.286 bits per heavy atom. The highest BCUT2D eigenvalue weighted by atomic mass is 16.5. The van der Waals surface area contributed by atoms with Crippen molar-refractivity contribution >= 4 is 21.5 Å². The van der Waals surface area contributed by atoms with Crippen molar-refractivity contribution in [2.45, 2.75) is 38.5 Å². The fourth-order valence-electron chi connectivity index (χ4n) is 11.5.